The van der Waals surface area contributed by atoms with E-state index in [0.29, 0.717) is 0 Å². The molecule has 0 heterocycles. The first kappa shape index (κ1) is 47.9. The smallest absolute Gasteiger partial charge is 0.0877 e. The van der Waals surface area contributed by atoms with Crippen LogP contribution in [0.25, 0.3) is 0 Å². The van der Waals surface area contributed by atoms with Crippen LogP contribution in [0.15, 0.2) is 0 Å². The predicted octanol–water partition coefficient (Wildman–Crippen LogP) is 16.1. The number of hydrogen-bond acceptors (Lipinski definition) is 2. The van der Waals surface area contributed by atoms with Crippen LogP contribution in [0.3, 0.4) is 0 Å². The molecule has 0 saturated carbocycles. The van der Waals surface area contributed by atoms with Gasteiger partial charge in [0.05, 0.1) is 12.2 Å². The van der Waals surface area contributed by atoms with Crippen LogP contribution in [-0.4, -0.2) is 22.4 Å². The third kappa shape index (κ3) is 38.7. The highest BCUT2D eigenvalue weighted by molar-refractivity contribution is 4.77. The molecule has 290 valence electrons. The zero-order valence-electron chi connectivity index (χ0n) is 33.8. The van der Waals surface area contributed by atoms with Gasteiger partial charge < -0.3 is 10.2 Å². The van der Waals surface area contributed by atoms with Gasteiger partial charge in [-0.1, -0.05) is 271 Å². The summed E-state index contributed by atoms with van der Waals surface area (Å²) >= 11 is 0. The molecule has 0 rings (SSSR count). The molecule has 0 aliphatic rings. The van der Waals surface area contributed by atoms with Crippen LogP contribution in [0.2, 0.25) is 0 Å². The van der Waals surface area contributed by atoms with Crippen molar-refractivity contribution >= 4 is 0 Å². The maximum Gasteiger partial charge on any atom is 0.0877 e. The molecule has 2 nitrogen and oxygen atoms in total. The number of aliphatic hydroxyl groups excluding tert-OH is 1. The van der Waals surface area contributed by atoms with Crippen molar-refractivity contribution in [1.82, 2.24) is 0 Å². The van der Waals surface area contributed by atoms with Crippen LogP contribution < -0.4 is 0 Å². The van der Waals surface area contributed by atoms with Gasteiger partial charge in [0.1, 0.15) is 0 Å². The highest BCUT2D eigenvalue weighted by Crippen LogP contribution is 2.24. The van der Waals surface area contributed by atoms with Gasteiger partial charge in [-0.15, -0.1) is 0 Å². The molecular weight excluding hydrogens is 585 g/mol. The van der Waals surface area contributed by atoms with Gasteiger partial charge >= 0.3 is 0 Å². The van der Waals surface area contributed by atoms with Gasteiger partial charge in [0.25, 0.3) is 0 Å². The minimum atomic E-state index is -0.831. The van der Waals surface area contributed by atoms with Crippen molar-refractivity contribution in [1.29, 1.82) is 0 Å². The molecule has 0 aromatic rings. The Balaban J connectivity index is 3.34. The van der Waals surface area contributed by atoms with Gasteiger partial charge in [0.15, 0.2) is 0 Å². The van der Waals surface area contributed by atoms with Crippen LogP contribution >= 0.6 is 0 Å². The van der Waals surface area contributed by atoms with E-state index in [4.69, 9.17) is 0 Å². The summed E-state index contributed by atoms with van der Waals surface area (Å²) in [4.78, 5) is 0. The lowest BCUT2D eigenvalue weighted by molar-refractivity contribution is -0.0314. The van der Waals surface area contributed by atoms with Gasteiger partial charge in [-0.05, 0) is 12.8 Å². The summed E-state index contributed by atoms with van der Waals surface area (Å²) in [6, 6.07) is 0. The second-order valence-electron chi connectivity index (χ2n) is 16.3. The SMILES string of the molecule is CCCCCCCCCCCCCCCCCCCCCCC(O)(CO)CCCCCCCCCCCCCCCCCCCCCC. The Kier molecular flexibility index (Phi) is 41.3. The Morgan fingerprint density at radius 3 is 0.542 bits per heavy atom. The monoisotopic (exact) mass is 679 g/mol. The molecule has 0 radical (unpaired) electrons. The maximum absolute atomic E-state index is 10.9. The van der Waals surface area contributed by atoms with Crippen LogP contribution in [-0.2, 0) is 0 Å². The second-order valence-corrected chi connectivity index (χ2v) is 16.3. The van der Waals surface area contributed by atoms with E-state index in [2.05, 4.69) is 13.8 Å². The second kappa shape index (κ2) is 41.3. The van der Waals surface area contributed by atoms with Crippen molar-refractivity contribution in [3.8, 4) is 0 Å². The van der Waals surface area contributed by atoms with Gasteiger partial charge in [-0.25, -0.2) is 0 Å². The fourth-order valence-corrected chi connectivity index (χ4v) is 7.70. The molecule has 0 unspecified atom stereocenters. The quantitative estimate of drug-likeness (QED) is 0.0630. The van der Waals surface area contributed by atoms with E-state index in [0.717, 1.165) is 25.7 Å². The summed E-state index contributed by atoms with van der Waals surface area (Å²) in [6.45, 7) is 4.53. The Labute approximate surface area is 305 Å². The molecule has 0 fully saturated rings. The first-order valence-electron chi connectivity index (χ1n) is 23.0. The molecule has 0 aliphatic heterocycles. The lowest BCUT2D eigenvalue weighted by Crippen LogP contribution is -2.33. The summed E-state index contributed by atoms with van der Waals surface area (Å²) in [5.74, 6) is 0. The van der Waals surface area contributed by atoms with Gasteiger partial charge in [-0.3, -0.25) is 0 Å². The van der Waals surface area contributed by atoms with E-state index < -0.39 is 5.60 Å². The fourth-order valence-electron chi connectivity index (χ4n) is 7.70. The molecule has 2 N–H and O–H groups in total. The molecule has 0 aromatic carbocycles. The predicted molar refractivity (Wildman–Crippen MR) is 217 cm³/mol. The van der Waals surface area contributed by atoms with Crippen molar-refractivity contribution in [3.05, 3.63) is 0 Å². The van der Waals surface area contributed by atoms with E-state index in [1.165, 1.54) is 244 Å². The summed E-state index contributed by atoms with van der Waals surface area (Å²) < 4.78 is 0. The molecule has 0 aromatic heterocycles. The van der Waals surface area contributed by atoms with Crippen molar-refractivity contribution in [2.24, 2.45) is 0 Å². The van der Waals surface area contributed by atoms with Crippen molar-refractivity contribution in [2.75, 3.05) is 6.61 Å². The third-order valence-corrected chi connectivity index (χ3v) is 11.3. The Morgan fingerprint density at radius 1 is 0.250 bits per heavy atom. The molecule has 0 spiro atoms. The molecular formula is C46H94O2. The fraction of sp³-hybridized carbons (Fsp3) is 1.00. The van der Waals surface area contributed by atoms with E-state index in [9.17, 15) is 10.2 Å². The highest BCUT2D eigenvalue weighted by atomic mass is 16.3. The zero-order valence-corrected chi connectivity index (χ0v) is 33.8. The highest BCUT2D eigenvalue weighted by Gasteiger charge is 2.24. The molecule has 0 atom stereocenters. The minimum Gasteiger partial charge on any atom is -0.393 e. The molecule has 48 heavy (non-hydrogen) atoms. The van der Waals surface area contributed by atoms with Crippen LogP contribution in [0.4, 0.5) is 0 Å². The van der Waals surface area contributed by atoms with Crippen molar-refractivity contribution < 1.29 is 10.2 Å². The summed E-state index contributed by atoms with van der Waals surface area (Å²) in [5, 5.41) is 20.7. The van der Waals surface area contributed by atoms with E-state index in [-0.39, 0.29) is 6.61 Å². The topological polar surface area (TPSA) is 40.5 Å². The summed E-state index contributed by atoms with van der Waals surface area (Å²) in [5.41, 5.74) is -0.831. The molecule has 0 saturated heterocycles. The van der Waals surface area contributed by atoms with Crippen molar-refractivity contribution in [2.45, 2.75) is 289 Å². The zero-order chi connectivity index (χ0) is 34.9. The summed E-state index contributed by atoms with van der Waals surface area (Å²) in [6.07, 6.45) is 57.3. The molecule has 0 aliphatic carbocycles. The molecule has 0 amide bonds. The first-order valence-corrected chi connectivity index (χ1v) is 23.0. The third-order valence-electron chi connectivity index (χ3n) is 11.3. The minimum absolute atomic E-state index is 0.0642. The Hall–Kier alpha value is -0.0800. The van der Waals surface area contributed by atoms with Gasteiger partial charge in [-0.2, -0.15) is 0 Å². The average molecular weight is 679 g/mol. The number of rotatable bonds is 43. The molecule has 0 bridgehead atoms. The van der Waals surface area contributed by atoms with E-state index >= 15 is 0 Å². The largest absolute Gasteiger partial charge is 0.393 e. The standard InChI is InChI=1S/C46H94O2/c1-3-5-7-9-11-13-15-17-19-21-23-25-27-29-31-33-35-37-39-41-43-46(48,45-47)44-42-40-38-36-34-32-30-28-26-24-22-20-18-16-14-12-10-8-6-4-2/h47-48H,3-45H2,1-2H3. The summed E-state index contributed by atoms with van der Waals surface area (Å²) in [7, 11) is 0. The van der Waals surface area contributed by atoms with E-state index in [1.54, 1.807) is 0 Å². The average Bonchev–Trinajstić information content (AvgIpc) is 3.10. The van der Waals surface area contributed by atoms with Gasteiger partial charge in [0, 0.05) is 0 Å². The molecule has 2 heteroatoms. The van der Waals surface area contributed by atoms with Crippen molar-refractivity contribution in [3.63, 3.8) is 0 Å². The van der Waals surface area contributed by atoms with Crippen LogP contribution in [0, 0.1) is 0 Å². The Morgan fingerprint density at radius 2 is 0.396 bits per heavy atom. The van der Waals surface area contributed by atoms with E-state index in [1.807, 2.05) is 0 Å². The number of aliphatic hydroxyl groups is 2. The normalized spacial score (nSPS) is 12.0. The Bertz CT molecular complexity index is 516. The van der Waals surface area contributed by atoms with Crippen LogP contribution in [0.1, 0.15) is 284 Å². The lowest BCUT2D eigenvalue weighted by atomic mass is 9.90. The number of hydrogen-bond donors (Lipinski definition) is 2. The van der Waals surface area contributed by atoms with Crippen LogP contribution in [0.5, 0.6) is 0 Å². The van der Waals surface area contributed by atoms with Gasteiger partial charge in [0.2, 0.25) is 0 Å². The maximum atomic E-state index is 10.9. The lowest BCUT2D eigenvalue weighted by Gasteiger charge is -2.26. The first-order chi connectivity index (χ1) is 23.7. The number of unbranched alkanes of at least 4 members (excludes halogenated alkanes) is 38.